The number of nitrogens with zero attached hydrogens (tertiary/aromatic N) is 1. The smallest absolute Gasteiger partial charge is 0.258 e. The SMILES string of the molecule is O=C(NC(=S)Nc1ccc(C(=O)N2CCCCC2)cc1)c1ccccc1Cl. The molecule has 5 nitrogen and oxygen atoms in total. The van der Waals surface area contributed by atoms with Crippen molar-refractivity contribution in [1.29, 1.82) is 0 Å². The van der Waals surface area contributed by atoms with Crippen molar-refractivity contribution in [3.05, 3.63) is 64.7 Å². The fraction of sp³-hybridized carbons (Fsp3) is 0.250. The van der Waals surface area contributed by atoms with Gasteiger partial charge in [0.1, 0.15) is 0 Å². The number of thiocarbonyl (C=S) groups is 1. The first-order valence-electron chi connectivity index (χ1n) is 8.81. The fourth-order valence-electron chi connectivity index (χ4n) is 2.95. The van der Waals surface area contributed by atoms with E-state index in [0.29, 0.717) is 21.8 Å². The molecule has 2 aromatic rings. The summed E-state index contributed by atoms with van der Waals surface area (Å²) in [5.74, 6) is -0.328. The molecule has 0 bridgehead atoms. The summed E-state index contributed by atoms with van der Waals surface area (Å²) in [5.41, 5.74) is 1.69. The Labute approximate surface area is 168 Å². The van der Waals surface area contributed by atoms with Crippen LogP contribution in [0, 0.1) is 0 Å². The topological polar surface area (TPSA) is 61.4 Å². The lowest BCUT2D eigenvalue weighted by Crippen LogP contribution is -2.35. The number of benzene rings is 2. The molecule has 1 heterocycles. The molecular formula is C20H20ClN3O2S. The molecule has 0 aromatic heterocycles. The van der Waals surface area contributed by atoms with Gasteiger partial charge in [0.15, 0.2) is 5.11 Å². The molecule has 2 amide bonds. The Morgan fingerprint density at radius 2 is 1.63 bits per heavy atom. The van der Waals surface area contributed by atoms with Crippen LogP contribution in [0.25, 0.3) is 0 Å². The van der Waals surface area contributed by atoms with Crippen LogP contribution in [0.2, 0.25) is 5.02 Å². The van der Waals surface area contributed by atoms with Crippen LogP contribution in [-0.4, -0.2) is 34.9 Å². The normalized spacial score (nSPS) is 13.7. The molecule has 1 aliphatic rings. The van der Waals surface area contributed by atoms with Gasteiger partial charge in [-0.3, -0.25) is 14.9 Å². The van der Waals surface area contributed by atoms with Crippen molar-refractivity contribution in [3.63, 3.8) is 0 Å². The first-order valence-corrected chi connectivity index (χ1v) is 9.59. The van der Waals surface area contributed by atoms with Crippen LogP contribution in [0.15, 0.2) is 48.5 Å². The maximum absolute atomic E-state index is 12.5. The van der Waals surface area contributed by atoms with Gasteiger partial charge in [-0.05, 0) is 67.9 Å². The van der Waals surface area contributed by atoms with Gasteiger partial charge in [-0.2, -0.15) is 0 Å². The van der Waals surface area contributed by atoms with Gasteiger partial charge in [-0.25, -0.2) is 0 Å². The molecule has 0 saturated carbocycles. The Balaban J connectivity index is 1.57. The van der Waals surface area contributed by atoms with Crippen LogP contribution in [0.3, 0.4) is 0 Å². The monoisotopic (exact) mass is 401 g/mol. The average molecular weight is 402 g/mol. The van der Waals surface area contributed by atoms with E-state index in [1.165, 1.54) is 6.42 Å². The zero-order chi connectivity index (χ0) is 19.2. The van der Waals surface area contributed by atoms with E-state index in [1.807, 2.05) is 4.90 Å². The highest BCUT2D eigenvalue weighted by molar-refractivity contribution is 7.80. The van der Waals surface area contributed by atoms with E-state index in [4.69, 9.17) is 23.8 Å². The molecule has 0 atom stereocenters. The molecule has 7 heteroatoms. The van der Waals surface area contributed by atoms with Gasteiger partial charge in [0, 0.05) is 24.3 Å². The number of carbonyl (C=O) groups is 2. The number of carbonyl (C=O) groups excluding carboxylic acids is 2. The van der Waals surface area contributed by atoms with Crippen LogP contribution < -0.4 is 10.6 Å². The molecule has 0 aliphatic carbocycles. The maximum Gasteiger partial charge on any atom is 0.258 e. The number of likely N-dealkylation sites (tertiary alicyclic amines) is 1. The Morgan fingerprint density at radius 3 is 2.30 bits per heavy atom. The minimum atomic E-state index is -0.380. The number of nitrogens with one attached hydrogen (secondary N) is 2. The van der Waals surface area contributed by atoms with Crippen molar-refractivity contribution >= 4 is 46.4 Å². The predicted molar refractivity (Wildman–Crippen MR) is 111 cm³/mol. The molecule has 27 heavy (non-hydrogen) atoms. The van der Waals surface area contributed by atoms with Gasteiger partial charge in [-0.15, -0.1) is 0 Å². The second-order valence-corrected chi connectivity index (χ2v) is 7.13. The van der Waals surface area contributed by atoms with Crippen LogP contribution in [0.1, 0.15) is 40.0 Å². The van der Waals surface area contributed by atoms with Gasteiger partial charge in [0.25, 0.3) is 11.8 Å². The van der Waals surface area contributed by atoms with Crippen molar-refractivity contribution in [2.24, 2.45) is 0 Å². The number of hydrogen-bond donors (Lipinski definition) is 2. The van der Waals surface area contributed by atoms with Gasteiger partial charge in [0.05, 0.1) is 10.6 Å². The summed E-state index contributed by atoms with van der Waals surface area (Å²) < 4.78 is 0. The molecule has 3 rings (SSSR count). The van der Waals surface area contributed by atoms with E-state index < -0.39 is 0 Å². The molecule has 1 saturated heterocycles. The number of hydrogen-bond acceptors (Lipinski definition) is 3. The van der Waals surface area contributed by atoms with Gasteiger partial charge in [-0.1, -0.05) is 23.7 Å². The number of halogens is 1. The lowest BCUT2D eigenvalue weighted by molar-refractivity contribution is 0.0724. The van der Waals surface area contributed by atoms with Crippen LogP contribution in [0.5, 0.6) is 0 Å². The van der Waals surface area contributed by atoms with E-state index in [-0.39, 0.29) is 16.9 Å². The molecular weight excluding hydrogens is 382 g/mol. The first-order chi connectivity index (χ1) is 13.0. The van der Waals surface area contributed by atoms with Gasteiger partial charge < -0.3 is 10.2 Å². The summed E-state index contributed by atoms with van der Waals surface area (Å²) >= 11 is 11.2. The summed E-state index contributed by atoms with van der Waals surface area (Å²) in [7, 11) is 0. The second kappa shape index (κ2) is 8.97. The van der Waals surface area contributed by atoms with Gasteiger partial charge in [0.2, 0.25) is 0 Å². The Morgan fingerprint density at radius 1 is 0.963 bits per heavy atom. The standard InChI is InChI=1S/C20H20ClN3O2S/c21-17-7-3-2-6-16(17)18(25)23-20(27)22-15-10-8-14(9-11-15)19(26)24-12-4-1-5-13-24/h2-3,6-11H,1,4-5,12-13H2,(H2,22,23,25,27). The molecule has 1 aliphatic heterocycles. The van der Waals surface area contributed by atoms with E-state index >= 15 is 0 Å². The molecule has 2 aromatic carbocycles. The van der Waals surface area contributed by atoms with Crippen LogP contribution in [-0.2, 0) is 0 Å². The maximum atomic E-state index is 12.5. The minimum absolute atomic E-state index is 0.0517. The number of piperidine rings is 1. The molecule has 0 radical (unpaired) electrons. The number of amides is 2. The highest BCUT2D eigenvalue weighted by atomic mass is 35.5. The lowest BCUT2D eigenvalue weighted by atomic mass is 10.1. The fourth-order valence-corrected chi connectivity index (χ4v) is 3.39. The quantitative estimate of drug-likeness (QED) is 0.760. The summed E-state index contributed by atoms with van der Waals surface area (Å²) in [6.45, 7) is 1.63. The molecule has 140 valence electrons. The molecule has 0 spiro atoms. The van der Waals surface area contributed by atoms with Crippen molar-refractivity contribution < 1.29 is 9.59 Å². The predicted octanol–water partition coefficient (Wildman–Crippen LogP) is 4.09. The molecule has 0 unspecified atom stereocenters. The van der Waals surface area contributed by atoms with E-state index in [9.17, 15) is 9.59 Å². The van der Waals surface area contributed by atoms with Crippen molar-refractivity contribution in [3.8, 4) is 0 Å². The first kappa shape index (κ1) is 19.3. The van der Waals surface area contributed by atoms with Gasteiger partial charge >= 0.3 is 0 Å². The lowest BCUT2D eigenvalue weighted by Gasteiger charge is -2.26. The minimum Gasteiger partial charge on any atom is -0.339 e. The number of anilines is 1. The van der Waals surface area contributed by atoms with Crippen LogP contribution in [0.4, 0.5) is 5.69 Å². The Bertz CT molecular complexity index is 849. The highest BCUT2D eigenvalue weighted by Gasteiger charge is 2.18. The van der Waals surface area contributed by atoms with Crippen molar-refractivity contribution in [2.45, 2.75) is 19.3 Å². The Hall–Kier alpha value is -2.44. The van der Waals surface area contributed by atoms with E-state index in [1.54, 1.807) is 48.5 Å². The third-order valence-corrected chi connectivity index (χ3v) is 4.91. The third kappa shape index (κ3) is 5.05. The zero-order valence-corrected chi connectivity index (χ0v) is 16.3. The van der Waals surface area contributed by atoms with Crippen molar-refractivity contribution in [2.75, 3.05) is 18.4 Å². The van der Waals surface area contributed by atoms with E-state index in [0.717, 1.165) is 25.9 Å². The van der Waals surface area contributed by atoms with Crippen LogP contribution >= 0.6 is 23.8 Å². The Kier molecular flexibility index (Phi) is 6.42. The molecule has 1 fully saturated rings. The summed E-state index contributed by atoms with van der Waals surface area (Å²) in [4.78, 5) is 26.6. The summed E-state index contributed by atoms with van der Waals surface area (Å²) in [6.07, 6.45) is 3.31. The summed E-state index contributed by atoms with van der Waals surface area (Å²) in [6, 6.07) is 13.8. The van der Waals surface area contributed by atoms with Crippen molar-refractivity contribution in [1.82, 2.24) is 10.2 Å². The second-order valence-electron chi connectivity index (χ2n) is 6.32. The number of rotatable bonds is 3. The third-order valence-electron chi connectivity index (χ3n) is 4.38. The van der Waals surface area contributed by atoms with E-state index in [2.05, 4.69) is 10.6 Å². The summed E-state index contributed by atoms with van der Waals surface area (Å²) in [5, 5.41) is 6.06. The zero-order valence-electron chi connectivity index (χ0n) is 14.7. The highest BCUT2D eigenvalue weighted by Crippen LogP contribution is 2.16. The average Bonchev–Trinajstić information content (AvgIpc) is 2.69. The largest absolute Gasteiger partial charge is 0.339 e. The molecule has 2 N–H and O–H groups in total.